The van der Waals surface area contributed by atoms with Gasteiger partial charge in [-0.1, -0.05) is 24.3 Å². The molecule has 1 amide bonds. The number of carbonyl (C=O) groups is 1. The highest BCUT2D eigenvalue weighted by Crippen LogP contribution is 2.30. The maximum Gasteiger partial charge on any atom is 0.260 e. The van der Waals surface area contributed by atoms with E-state index in [1.54, 1.807) is 24.0 Å². The summed E-state index contributed by atoms with van der Waals surface area (Å²) < 4.78 is 25.2. The fraction of sp³-hybridized carbons (Fsp3) is 0.364. The number of fused-ring (bicyclic) bond motifs is 1. The van der Waals surface area contributed by atoms with E-state index < -0.39 is 9.84 Å². The van der Waals surface area contributed by atoms with Gasteiger partial charge >= 0.3 is 0 Å². The number of amides is 1. The Hall–Kier alpha value is -2.00. The first-order valence-electron chi connectivity index (χ1n) is 9.88. The molecular weight excluding hydrogens is 454 g/mol. The number of hydrogen-bond acceptors (Lipinski definition) is 6. The highest BCUT2D eigenvalue weighted by molar-refractivity contribution is 7.91. The van der Waals surface area contributed by atoms with Crippen LogP contribution in [0.15, 0.2) is 47.4 Å². The molecule has 168 valence electrons. The third-order valence-corrected chi connectivity index (χ3v) is 7.63. The molecule has 3 aromatic rings. The summed E-state index contributed by atoms with van der Waals surface area (Å²) in [5.74, 6) is -0.146. The molecule has 9 heteroatoms. The van der Waals surface area contributed by atoms with E-state index in [4.69, 9.17) is 0 Å². The fourth-order valence-corrected chi connectivity index (χ4v) is 5.06. The third kappa shape index (κ3) is 6.04. The van der Waals surface area contributed by atoms with Crippen molar-refractivity contribution in [2.45, 2.75) is 25.2 Å². The number of hydrogen-bond donors (Lipinski definition) is 0. The van der Waals surface area contributed by atoms with Crippen molar-refractivity contribution in [2.75, 3.05) is 37.8 Å². The Morgan fingerprint density at radius 3 is 2.35 bits per heavy atom. The van der Waals surface area contributed by atoms with Gasteiger partial charge in [-0.3, -0.25) is 9.69 Å². The molecule has 2 aromatic carbocycles. The molecule has 0 saturated carbocycles. The molecule has 0 radical (unpaired) electrons. The number of sulfone groups is 1. The lowest BCUT2D eigenvalue weighted by Crippen LogP contribution is -2.33. The van der Waals surface area contributed by atoms with E-state index in [1.165, 1.54) is 23.5 Å². The van der Waals surface area contributed by atoms with Gasteiger partial charge in [-0.05, 0) is 75.9 Å². The van der Waals surface area contributed by atoms with Crippen molar-refractivity contribution in [3.05, 3.63) is 53.6 Å². The van der Waals surface area contributed by atoms with Gasteiger partial charge in [0.1, 0.15) is 0 Å². The Kier molecular flexibility index (Phi) is 8.59. The molecule has 3 rings (SSSR count). The van der Waals surface area contributed by atoms with Gasteiger partial charge in [-0.2, -0.15) is 0 Å². The van der Waals surface area contributed by atoms with E-state index in [0.29, 0.717) is 17.2 Å². The van der Waals surface area contributed by atoms with E-state index in [1.807, 2.05) is 33.2 Å². The zero-order valence-corrected chi connectivity index (χ0v) is 20.6. The minimum Gasteiger partial charge on any atom is -0.309 e. The van der Waals surface area contributed by atoms with E-state index in [0.717, 1.165) is 28.7 Å². The van der Waals surface area contributed by atoms with Gasteiger partial charge in [0, 0.05) is 12.1 Å². The van der Waals surface area contributed by atoms with Crippen molar-refractivity contribution in [1.82, 2.24) is 9.88 Å². The number of rotatable bonds is 8. The van der Waals surface area contributed by atoms with Crippen LogP contribution in [0.25, 0.3) is 10.2 Å². The Balaban J connectivity index is 0.00000341. The Labute approximate surface area is 194 Å². The Bertz CT molecular complexity index is 1140. The van der Waals surface area contributed by atoms with Gasteiger partial charge in [0.25, 0.3) is 5.91 Å². The van der Waals surface area contributed by atoms with Crippen LogP contribution in [0.4, 0.5) is 5.13 Å². The van der Waals surface area contributed by atoms with Gasteiger partial charge in [-0.25, -0.2) is 13.4 Å². The molecule has 0 spiro atoms. The van der Waals surface area contributed by atoms with Crippen LogP contribution in [0, 0.1) is 6.92 Å². The first kappa shape index (κ1) is 25.3. The van der Waals surface area contributed by atoms with Crippen molar-refractivity contribution in [3.8, 4) is 0 Å². The highest BCUT2D eigenvalue weighted by Gasteiger charge is 2.22. The number of nitrogens with zero attached hydrogens (tertiary/aromatic N) is 3. The summed E-state index contributed by atoms with van der Waals surface area (Å²) in [5.41, 5.74) is 2.47. The van der Waals surface area contributed by atoms with E-state index in [-0.39, 0.29) is 29.0 Å². The van der Waals surface area contributed by atoms with Crippen molar-refractivity contribution in [1.29, 1.82) is 0 Å². The molecule has 0 unspecified atom stereocenters. The van der Waals surface area contributed by atoms with Gasteiger partial charge < -0.3 is 4.90 Å². The average Bonchev–Trinajstić information content (AvgIpc) is 3.13. The molecular formula is C22H28ClN3O3S2. The van der Waals surface area contributed by atoms with Crippen LogP contribution in [0.5, 0.6) is 0 Å². The number of thiazole rings is 1. The molecule has 0 atom stereocenters. The van der Waals surface area contributed by atoms with Crippen molar-refractivity contribution < 1.29 is 13.2 Å². The quantitative estimate of drug-likeness (QED) is 0.476. The zero-order chi connectivity index (χ0) is 21.9. The zero-order valence-electron chi connectivity index (χ0n) is 18.2. The fourth-order valence-electron chi connectivity index (χ4n) is 3.09. The second kappa shape index (κ2) is 10.5. The van der Waals surface area contributed by atoms with Crippen LogP contribution >= 0.6 is 23.7 Å². The minimum atomic E-state index is -3.30. The minimum absolute atomic E-state index is 0. The summed E-state index contributed by atoms with van der Waals surface area (Å²) >= 11 is 1.50. The van der Waals surface area contributed by atoms with Crippen molar-refractivity contribution in [3.63, 3.8) is 0 Å². The smallest absolute Gasteiger partial charge is 0.260 e. The summed E-state index contributed by atoms with van der Waals surface area (Å²) in [5, 5.41) is 0.657. The molecule has 1 aromatic heterocycles. The molecule has 0 N–H and O–H groups in total. The summed E-state index contributed by atoms with van der Waals surface area (Å²) in [4.78, 5) is 22.0. The Morgan fingerprint density at radius 2 is 1.74 bits per heavy atom. The molecule has 0 aliphatic rings. The Morgan fingerprint density at radius 1 is 1.06 bits per heavy atom. The topological polar surface area (TPSA) is 70.6 Å². The molecule has 0 aliphatic heterocycles. The summed E-state index contributed by atoms with van der Waals surface area (Å²) in [6.07, 6.45) is 0.802. The summed E-state index contributed by atoms with van der Waals surface area (Å²) in [6, 6.07) is 12.2. The lowest BCUT2D eigenvalue weighted by molar-refractivity contribution is 0.0986. The predicted molar refractivity (Wildman–Crippen MR) is 131 cm³/mol. The SMILES string of the molecule is CCS(=O)(=O)c1ccc(C(=O)N(CCCN(C)C)c2nc3ccc(C)cc3s2)cc1.Cl. The molecule has 0 bridgehead atoms. The second-order valence-corrected chi connectivity index (χ2v) is 10.8. The predicted octanol–water partition coefficient (Wildman–Crippen LogP) is 4.42. The van der Waals surface area contributed by atoms with Gasteiger partial charge in [0.15, 0.2) is 15.0 Å². The van der Waals surface area contributed by atoms with Gasteiger partial charge in [0.2, 0.25) is 0 Å². The maximum atomic E-state index is 13.3. The third-order valence-electron chi connectivity index (χ3n) is 4.84. The second-order valence-electron chi connectivity index (χ2n) is 7.51. The molecule has 1 heterocycles. The molecule has 0 fully saturated rings. The van der Waals surface area contributed by atoms with E-state index in [2.05, 4.69) is 16.0 Å². The van der Waals surface area contributed by atoms with Crippen LogP contribution in [0.2, 0.25) is 0 Å². The largest absolute Gasteiger partial charge is 0.309 e. The van der Waals surface area contributed by atoms with Crippen LogP contribution in [-0.4, -0.2) is 57.1 Å². The van der Waals surface area contributed by atoms with Crippen LogP contribution in [0.3, 0.4) is 0 Å². The monoisotopic (exact) mass is 481 g/mol. The van der Waals surface area contributed by atoms with Crippen LogP contribution in [0.1, 0.15) is 29.3 Å². The molecule has 0 aliphatic carbocycles. The van der Waals surface area contributed by atoms with E-state index >= 15 is 0 Å². The number of aryl methyl sites for hydroxylation is 1. The van der Waals surface area contributed by atoms with Crippen molar-refractivity contribution in [2.24, 2.45) is 0 Å². The molecule has 31 heavy (non-hydrogen) atoms. The number of anilines is 1. The van der Waals surface area contributed by atoms with Crippen molar-refractivity contribution >= 4 is 54.8 Å². The summed E-state index contributed by atoms with van der Waals surface area (Å²) in [7, 11) is 0.700. The normalized spacial score (nSPS) is 11.5. The lowest BCUT2D eigenvalue weighted by atomic mass is 10.2. The lowest BCUT2D eigenvalue weighted by Gasteiger charge is -2.21. The van der Waals surface area contributed by atoms with Crippen LogP contribution < -0.4 is 4.90 Å². The first-order valence-corrected chi connectivity index (χ1v) is 12.3. The average molecular weight is 482 g/mol. The number of benzene rings is 2. The van der Waals surface area contributed by atoms with Gasteiger partial charge in [0.05, 0.1) is 20.9 Å². The molecule has 6 nitrogen and oxygen atoms in total. The highest BCUT2D eigenvalue weighted by atomic mass is 35.5. The van der Waals surface area contributed by atoms with Crippen LogP contribution in [-0.2, 0) is 9.84 Å². The number of halogens is 1. The first-order chi connectivity index (χ1) is 14.2. The number of carbonyl (C=O) groups excluding carboxylic acids is 1. The standard InChI is InChI=1S/C22H27N3O3S2.ClH/c1-5-30(27,28)18-10-8-17(9-11-18)21(26)25(14-6-13-24(3)4)22-23-19-12-7-16(2)15-20(19)29-22;/h7-12,15H,5-6,13-14H2,1-4H3;1H. The maximum absolute atomic E-state index is 13.3. The van der Waals surface area contributed by atoms with Gasteiger partial charge in [-0.15, -0.1) is 12.4 Å². The summed E-state index contributed by atoms with van der Waals surface area (Å²) in [6.45, 7) is 5.02. The number of aromatic nitrogens is 1. The van der Waals surface area contributed by atoms with E-state index in [9.17, 15) is 13.2 Å². The molecule has 0 saturated heterocycles.